The minimum Gasteiger partial charge on any atom is -0.497 e. The van der Waals surface area contributed by atoms with Gasteiger partial charge in [-0.3, -0.25) is 0 Å². The first-order valence-corrected chi connectivity index (χ1v) is 4.89. The Morgan fingerprint density at radius 1 is 1.22 bits per heavy atom. The molecule has 2 unspecified atom stereocenters. The van der Waals surface area contributed by atoms with Crippen LogP contribution in [0.2, 0.25) is 0 Å². The Hall–Kier alpha value is -1.73. The summed E-state index contributed by atoms with van der Waals surface area (Å²) in [6, 6.07) is 1.65. The van der Waals surface area contributed by atoms with Crippen molar-refractivity contribution in [1.82, 2.24) is 0 Å². The van der Waals surface area contributed by atoms with Crippen LogP contribution >= 0.6 is 0 Å². The predicted molar refractivity (Wildman–Crippen MR) is 55.9 cm³/mol. The molecule has 0 spiro atoms. The van der Waals surface area contributed by atoms with E-state index >= 15 is 0 Å². The monoisotopic (exact) mass is 262 g/mol. The molecule has 0 heterocycles. The number of halogens is 2. The van der Waals surface area contributed by atoms with E-state index in [2.05, 4.69) is 9.47 Å². The van der Waals surface area contributed by atoms with Crippen molar-refractivity contribution in [3.8, 4) is 5.75 Å². The third kappa shape index (κ3) is 2.74. The van der Waals surface area contributed by atoms with Gasteiger partial charge in [0.05, 0.1) is 19.8 Å². The Morgan fingerprint density at radius 2 is 1.72 bits per heavy atom. The van der Waals surface area contributed by atoms with Gasteiger partial charge in [0.25, 0.3) is 0 Å². The fourth-order valence-electron chi connectivity index (χ4n) is 1.37. The minimum atomic E-state index is -2.08. The third-order valence-electron chi connectivity index (χ3n) is 2.33. The van der Waals surface area contributed by atoms with Crippen LogP contribution in [0, 0.1) is 11.6 Å². The molecular weight excluding hydrogens is 250 g/mol. The molecule has 0 aliphatic rings. The predicted octanol–water partition coefficient (Wildman–Crippen LogP) is 0.541. The van der Waals surface area contributed by atoms with Gasteiger partial charge in [-0.25, -0.2) is 13.6 Å². The number of aliphatic hydroxyl groups excluding tert-OH is 2. The topological polar surface area (TPSA) is 76.0 Å². The molecule has 100 valence electrons. The van der Waals surface area contributed by atoms with E-state index in [-0.39, 0.29) is 5.75 Å². The number of carbonyl (C=O) groups is 1. The Labute approximate surface area is 102 Å². The number of rotatable bonds is 4. The van der Waals surface area contributed by atoms with Crippen molar-refractivity contribution >= 4 is 5.97 Å². The number of carbonyl (C=O) groups excluding carboxylic acids is 1. The van der Waals surface area contributed by atoms with Crippen LogP contribution in [0.1, 0.15) is 11.7 Å². The standard InChI is InChI=1S/C11H12F2O5/c1-17-5-3-6(12)8(7(13)4-5)9(14)10(15)11(16)18-2/h3-4,9-10,14-15H,1-2H3. The third-order valence-corrected chi connectivity index (χ3v) is 2.33. The van der Waals surface area contributed by atoms with Crippen LogP contribution in [0.3, 0.4) is 0 Å². The van der Waals surface area contributed by atoms with Crippen LogP contribution in [0.4, 0.5) is 8.78 Å². The number of benzene rings is 1. The van der Waals surface area contributed by atoms with Gasteiger partial charge >= 0.3 is 5.97 Å². The van der Waals surface area contributed by atoms with Crippen molar-refractivity contribution in [2.75, 3.05) is 14.2 Å². The molecule has 0 aliphatic carbocycles. The molecule has 0 radical (unpaired) electrons. The second-order valence-corrected chi connectivity index (χ2v) is 3.42. The summed E-state index contributed by atoms with van der Waals surface area (Å²) >= 11 is 0. The first-order valence-electron chi connectivity index (χ1n) is 4.89. The van der Waals surface area contributed by atoms with Gasteiger partial charge in [0.1, 0.15) is 23.5 Å². The van der Waals surface area contributed by atoms with E-state index in [0.29, 0.717) is 0 Å². The summed E-state index contributed by atoms with van der Waals surface area (Å²) in [6.07, 6.45) is -4.14. The SMILES string of the molecule is COC(=O)C(O)C(O)c1c(F)cc(OC)cc1F. The average Bonchev–Trinajstić information content (AvgIpc) is 2.35. The summed E-state index contributed by atoms with van der Waals surface area (Å²) in [6.45, 7) is 0. The van der Waals surface area contributed by atoms with E-state index in [9.17, 15) is 23.8 Å². The van der Waals surface area contributed by atoms with Gasteiger partial charge in [0.15, 0.2) is 6.10 Å². The van der Waals surface area contributed by atoms with E-state index in [0.717, 1.165) is 19.2 Å². The number of esters is 1. The van der Waals surface area contributed by atoms with Crippen LogP contribution in [0.5, 0.6) is 5.75 Å². The smallest absolute Gasteiger partial charge is 0.337 e. The van der Waals surface area contributed by atoms with E-state index < -0.39 is 35.4 Å². The second-order valence-electron chi connectivity index (χ2n) is 3.42. The highest BCUT2D eigenvalue weighted by Crippen LogP contribution is 2.27. The Morgan fingerprint density at radius 3 is 2.11 bits per heavy atom. The summed E-state index contributed by atoms with van der Waals surface area (Å²) in [5.74, 6) is -3.56. The summed E-state index contributed by atoms with van der Waals surface area (Å²) in [4.78, 5) is 11.0. The lowest BCUT2D eigenvalue weighted by Crippen LogP contribution is -2.30. The summed E-state index contributed by atoms with van der Waals surface area (Å²) in [7, 11) is 2.19. The Kier molecular flexibility index (Phi) is 4.57. The van der Waals surface area contributed by atoms with Crippen molar-refractivity contribution in [3.05, 3.63) is 29.3 Å². The van der Waals surface area contributed by atoms with E-state index in [1.165, 1.54) is 7.11 Å². The number of hydrogen-bond acceptors (Lipinski definition) is 5. The quantitative estimate of drug-likeness (QED) is 0.774. The van der Waals surface area contributed by atoms with Crippen molar-refractivity contribution in [2.45, 2.75) is 12.2 Å². The lowest BCUT2D eigenvalue weighted by atomic mass is 10.0. The molecule has 0 fully saturated rings. The fourth-order valence-corrected chi connectivity index (χ4v) is 1.37. The molecule has 1 aromatic carbocycles. The first-order chi connectivity index (χ1) is 8.42. The van der Waals surface area contributed by atoms with E-state index in [1.807, 2.05) is 0 Å². The summed E-state index contributed by atoms with van der Waals surface area (Å²) in [5, 5.41) is 18.9. The number of hydrogen-bond donors (Lipinski definition) is 2. The maximum atomic E-state index is 13.5. The molecule has 1 rings (SSSR count). The Bertz CT molecular complexity index is 426. The zero-order chi connectivity index (χ0) is 13.9. The average molecular weight is 262 g/mol. The van der Waals surface area contributed by atoms with Crippen LogP contribution in [-0.4, -0.2) is 36.5 Å². The molecule has 2 atom stereocenters. The maximum absolute atomic E-state index is 13.5. The van der Waals surface area contributed by atoms with Crippen molar-refractivity contribution in [1.29, 1.82) is 0 Å². The van der Waals surface area contributed by atoms with Gasteiger partial charge in [0, 0.05) is 12.1 Å². The van der Waals surface area contributed by atoms with Gasteiger partial charge in [-0.2, -0.15) is 0 Å². The van der Waals surface area contributed by atoms with Crippen LogP contribution in [0.25, 0.3) is 0 Å². The molecule has 18 heavy (non-hydrogen) atoms. The van der Waals surface area contributed by atoms with Crippen molar-refractivity contribution in [3.63, 3.8) is 0 Å². The molecule has 0 saturated carbocycles. The van der Waals surface area contributed by atoms with Gasteiger partial charge in [-0.1, -0.05) is 0 Å². The van der Waals surface area contributed by atoms with Crippen LogP contribution in [0.15, 0.2) is 12.1 Å². The molecule has 0 aliphatic heterocycles. The molecular formula is C11H12F2O5. The van der Waals surface area contributed by atoms with E-state index in [4.69, 9.17) is 0 Å². The summed E-state index contributed by atoms with van der Waals surface area (Å²) < 4.78 is 35.9. The molecule has 5 nitrogen and oxygen atoms in total. The first kappa shape index (κ1) is 14.3. The highest BCUT2D eigenvalue weighted by molar-refractivity contribution is 5.75. The van der Waals surface area contributed by atoms with Gasteiger partial charge < -0.3 is 19.7 Å². The van der Waals surface area contributed by atoms with Crippen LogP contribution in [-0.2, 0) is 9.53 Å². The lowest BCUT2D eigenvalue weighted by Gasteiger charge is -2.17. The molecule has 0 bridgehead atoms. The molecule has 0 saturated heterocycles. The summed E-state index contributed by atoms with van der Waals surface area (Å²) in [5.41, 5.74) is -0.825. The molecule has 2 N–H and O–H groups in total. The molecule has 0 aromatic heterocycles. The number of ether oxygens (including phenoxy) is 2. The highest BCUT2D eigenvalue weighted by Gasteiger charge is 2.31. The zero-order valence-corrected chi connectivity index (χ0v) is 9.68. The molecule has 7 heteroatoms. The number of aliphatic hydroxyl groups is 2. The van der Waals surface area contributed by atoms with Gasteiger partial charge in [-0.15, -0.1) is 0 Å². The minimum absolute atomic E-state index is 0.0893. The maximum Gasteiger partial charge on any atom is 0.337 e. The van der Waals surface area contributed by atoms with Crippen LogP contribution < -0.4 is 4.74 Å². The second kappa shape index (κ2) is 5.74. The number of methoxy groups -OCH3 is 2. The largest absolute Gasteiger partial charge is 0.497 e. The highest BCUT2D eigenvalue weighted by atomic mass is 19.1. The lowest BCUT2D eigenvalue weighted by molar-refractivity contribution is -0.157. The zero-order valence-electron chi connectivity index (χ0n) is 9.68. The fraction of sp³-hybridized carbons (Fsp3) is 0.364. The van der Waals surface area contributed by atoms with Crippen molar-refractivity contribution in [2.24, 2.45) is 0 Å². The Balaban J connectivity index is 3.13. The molecule has 0 amide bonds. The van der Waals surface area contributed by atoms with E-state index in [1.54, 1.807) is 0 Å². The normalized spacial score (nSPS) is 13.9. The van der Waals surface area contributed by atoms with Gasteiger partial charge in [0.2, 0.25) is 0 Å². The van der Waals surface area contributed by atoms with Gasteiger partial charge in [-0.05, 0) is 0 Å². The molecule has 1 aromatic rings. The van der Waals surface area contributed by atoms with Crippen molar-refractivity contribution < 1.29 is 33.3 Å².